The third-order valence-electron chi connectivity index (χ3n) is 4.66. The number of benzene rings is 2. The van der Waals surface area contributed by atoms with Gasteiger partial charge in [-0.2, -0.15) is 0 Å². The third kappa shape index (κ3) is 4.94. The summed E-state index contributed by atoms with van der Waals surface area (Å²) in [7, 11) is 1.47. The molecule has 0 spiro atoms. The molecule has 0 aliphatic carbocycles. The monoisotopic (exact) mass is 466 g/mol. The van der Waals surface area contributed by atoms with E-state index in [1.54, 1.807) is 17.8 Å². The van der Waals surface area contributed by atoms with Crippen LogP contribution in [0.2, 0.25) is 0 Å². The number of hydrogen-bond donors (Lipinski definition) is 0. The smallest absolute Gasteiger partial charge is 0.185 e. The van der Waals surface area contributed by atoms with Crippen molar-refractivity contribution in [1.82, 2.24) is 0 Å². The first-order valence-corrected chi connectivity index (χ1v) is 9.87. The number of Topliss-reactive ketones (excluding diaryl/α,β-unsaturated/α-hetero) is 1. The minimum Gasteiger partial charge on any atom is -0.497 e. The second kappa shape index (κ2) is 10.1. The Morgan fingerprint density at radius 2 is 2.07 bits per heavy atom. The summed E-state index contributed by atoms with van der Waals surface area (Å²) < 4.78 is 19.4. The van der Waals surface area contributed by atoms with Crippen molar-refractivity contribution in [2.24, 2.45) is 4.99 Å². The van der Waals surface area contributed by atoms with Gasteiger partial charge in [0.15, 0.2) is 11.0 Å². The molecule has 0 unspecified atom stereocenters. The third-order valence-corrected chi connectivity index (χ3v) is 5.76. The van der Waals surface area contributed by atoms with Crippen molar-refractivity contribution < 1.29 is 13.9 Å². The van der Waals surface area contributed by atoms with E-state index in [1.807, 2.05) is 36.9 Å². The number of carbonyl (C=O) groups excluding carboxylic acids is 1. The van der Waals surface area contributed by atoms with Crippen molar-refractivity contribution in [3.63, 3.8) is 0 Å². The molecule has 0 radical (unpaired) electrons. The maximum Gasteiger partial charge on any atom is 0.185 e. The Hall–Kier alpha value is -1.86. The maximum absolute atomic E-state index is 14.4. The maximum atomic E-state index is 14.4. The van der Waals surface area contributed by atoms with Gasteiger partial charge in [-0.3, -0.25) is 9.79 Å². The second-order valence-electron chi connectivity index (χ2n) is 6.44. The Morgan fingerprint density at radius 3 is 2.71 bits per heavy atom. The molecule has 1 aliphatic heterocycles. The molecule has 28 heavy (non-hydrogen) atoms. The van der Waals surface area contributed by atoms with Gasteiger partial charge in [0.2, 0.25) is 0 Å². The van der Waals surface area contributed by atoms with Gasteiger partial charge in [0.25, 0.3) is 0 Å². The van der Waals surface area contributed by atoms with Crippen molar-refractivity contribution in [2.45, 2.75) is 20.3 Å². The van der Waals surface area contributed by atoms with Crippen LogP contribution >= 0.6 is 28.7 Å². The minimum absolute atomic E-state index is 0. The first kappa shape index (κ1) is 22.4. The molecule has 1 aliphatic rings. The molecule has 4 nitrogen and oxygen atoms in total. The molecule has 0 bridgehead atoms. The molecule has 150 valence electrons. The number of halogens is 2. The molecule has 3 rings (SSSR count). The van der Waals surface area contributed by atoms with Crippen molar-refractivity contribution in [3.8, 4) is 5.75 Å². The molecule has 0 saturated heterocycles. The van der Waals surface area contributed by atoms with Crippen molar-refractivity contribution in [2.75, 3.05) is 30.9 Å². The Balaban J connectivity index is 0.00000280. The van der Waals surface area contributed by atoms with E-state index in [0.717, 1.165) is 40.7 Å². The number of anilines is 1. The molecule has 0 N–H and O–H groups in total. The number of ketones is 1. The summed E-state index contributed by atoms with van der Waals surface area (Å²) >= 11 is 1.64. The predicted octanol–water partition coefficient (Wildman–Crippen LogP) is 5.21. The van der Waals surface area contributed by atoms with Crippen LogP contribution in [0.3, 0.4) is 0 Å². The van der Waals surface area contributed by atoms with Gasteiger partial charge in [-0.15, -0.1) is 17.0 Å². The van der Waals surface area contributed by atoms with Crippen LogP contribution < -0.4 is 9.64 Å². The van der Waals surface area contributed by atoms with Gasteiger partial charge in [-0.1, -0.05) is 23.9 Å². The van der Waals surface area contributed by atoms with Gasteiger partial charge >= 0.3 is 0 Å². The van der Waals surface area contributed by atoms with Gasteiger partial charge in [0, 0.05) is 24.1 Å². The summed E-state index contributed by atoms with van der Waals surface area (Å²) in [6.45, 7) is 4.86. The zero-order valence-corrected chi connectivity index (χ0v) is 18.7. The summed E-state index contributed by atoms with van der Waals surface area (Å²) in [5.74, 6) is 0.497. The van der Waals surface area contributed by atoms with Gasteiger partial charge in [0.05, 0.1) is 19.2 Å². The highest BCUT2D eigenvalue weighted by atomic mass is 79.9. The van der Waals surface area contributed by atoms with E-state index in [-0.39, 0.29) is 34.9 Å². The fourth-order valence-electron chi connectivity index (χ4n) is 2.97. The quantitative estimate of drug-likeness (QED) is 0.567. The van der Waals surface area contributed by atoms with Crippen LogP contribution in [0, 0.1) is 19.7 Å². The number of nitrogens with zero attached hydrogens (tertiary/aromatic N) is 2. The van der Waals surface area contributed by atoms with E-state index in [0.29, 0.717) is 5.75 Å². The highest BCUT2D eigenvalue weighted by molar-refractivity contribution is 8.93. The average molecular weight is 467 g/mol. The summed E-state index contributed by atoms with van der Waals surface area (Å²) in [5.41, 5.74) is 3.23. The van der Waals surface area contributed by atoms with Crippen molar-refractivity contribution >= 4 is 45.4 Å². The summed E-state index contributed by atoms with van der Waals surface area (Å²) in [6.07, 6.45) is 1.02. The number of thioether (sulfide) groups is 1. The summed E-state index contributed by atoms with van der Waals surface area (Å²) in [4.78, 5) is 19.4. The number of amidine groups is 1. The lowest BCUT2D eigenvalue weighted by Crippen LogP contribution is -2.36. The normalized spacial score (nSPS) is 13.4. The highest BCUT2D eigenvalue weighted by Gasteiger charge is 2.23. The molecular weight excluding hydrogens is 443 g/mol. The second-order valence-corrected chi connectivity index (χ2v) is 7.50. The zero-order chi connectivity index (χ0) is 19.4. The van der Waals surface area contributed by atoms with Crippen LogP contribution in [0.5, 0.6) is 5.75 Å². The van der Waals surface area contributed by atoms with Gasteiger partial charge in [0.1, 0.15) is 11.6 Å². The van der Waals surface area contributed by atoms with Gasteiger partial charge in [-0.05, 0) is 49.6 Å². The topological polar surface area (TPSA) is 41.9 Å². The molecule has 2 aromatic rings. The van der Waals surface area contributed by atoms with E-state index in [9.17, 15) is 9.18 Å². The van der Waals surface area contributed by atoms with E-state index >= 15 is 0 Å². The number of carbonyl (C=O) groups is 1. The Kier molecular flexibility index (Phi) is 8.07. The fourth-order valence-corrected chi connectivity index (χ4v) is 3.93. The van der Waals surface area contributed by atoms with Crippen LogP contribution in [0.25, 0.3) is 0 Å². The lowest BCUT2D eigenvalue weighted by molar-refractivity contribution is 0.0998. The molecule has 0 amide bonds. The molecular formula is C21H24BrFN2O2S. The zero-order valence-electron chi connectivity index (χ0n) is 16.2. The Labute approximate surface area is 179 Å². The van der Waals surface area contributed by atoms with Crippen molar-refractivity contribution in [1.29, 1.82) is 0 Å². The summed E-state index contributed by atoms with van der Waals surface area (Å²) in [5, 5.41) is 0.817. The largest absolute Gasteiger partial charge is 0.497 e. The lowest BCUT2D eigenvalue weighted by Gasteiger charge is -2.29. The van der Waals surface area contributed by atoms with Gasteiger partial charge in [-0.25, -0.2) is 4.39 Å². The number of rotatable bonds is 5. The van der Waals surface area contributed by atoms with E-state index < -0.39 is 5.82 Å². The SMILES string of the molecule is Br.COc1ccc(C(=O)CN(C2=NCCCS2)c2cccc(C)c2C)c(F)c1. The van der Waals surface area contributed by atoms with Gasteiger partial charge < -0.3 is 9.64 Å². The number of methoxy groups -OCH3 is 1. The number of ether oxygens (including phenoxy) is 1. The molecule has 1 heterocycles. The molecule has 2 aromatic carbocycles. The molecule has 7 heteroatoms. The van der Waals surface area contributed by atoms with E-state index in [1.165, 1.54) is 19.2 Å². The Morgan fingerprint density at radius 1 is 1.29 bits per heavy atom. The van der Waals surface area contributed by atoms with E-state index in [2.05, 4.69) is 4.99 Å². The predicted molar refractivity (Wildman–Crippen MR) is 120 cm³/mol. The molecule has 0 aromatic heterocycles. The van der Waals surface area contributed by atoms with Crippen molar-refractivity contribution in [3.05, 3.63) is 58.9 Å². The van der Waals surface area contributed by atoms with Crippen LogP contribution in [-0.4, -0.2) is 36.9 Å². The number of hydrogen-bond acceptors (Lipinski definition) is 5. The number of aryl methyl sites for hydroxylation is 1. The first-order chi connectivity index (χ1) is 13.0. The summed E-state index contributed by atoms with van der Waals surface area (Å²) in [6, 6.07) is 10.3. The number of aliphatic imine (C=N–C) groups is 1. The van der Waals surface area contributed by atoms with Crippen LogP contribution in [0.4, 0.5) is 10.1 Å². The molecule has 0 fully saturated rings. The molecule has 0 saturated carbocycles. The van der Waals surface area contributed by atoms with Crippen LogP contribution in [0.15, 0.2) is 41.4 Å². The molecule has 0 atom stereocenters. The standard InChI is InChI=1S/C21H23FN2O2S.BrH/c1-14-6-4-7-19(15(14)2)24(21-23-10-5-11-27-21)13-20(25)17-9-8-16(26-3)12-18(17)22;/h4,6-9,12H,5,10-11,13H2,1-3H3;1H. The highest BCUT2D eigenvalue weighted by Crippen LogP contribution is 2.28. The van der Waals surface area contributed by atoms with E-state index in [4.69, 9.17) is 4.74 Å². The average Bonchev–Trinajstić information content (AvgIpc) is 2.69. The minimum atomic E-state index is -0.571. The Bertz CT molecular complexity index is 889. The van der Waals surface area contributed by atoms with Crippen LogP contribution in [0.1, 0.15) is 27.9 Å². The first-order valence-electron chi connectivity index (χ1n) is 8.89. The fraction of sp³-hybridized carbons (Fsp3) is 0.333. The van der Waals surface area contributed by atoms with Crippen LogP contribution in [-0.2, 0) is 0 Å². The lowest BCUT2D eigenvalue weighted by atomic mass is 10.1.